The Morgan fingerprint density at radius 1 is 1.33 bits per heavy atom. The highest BCUT2D eigenvalue weighted by Crippen LogP contribution is 2.32. The van der Waals surface area contributed by atoms with E-state index in [-0.39, 0.29) is 18.7 Å². The molecule has 2 nitrogen and oxygen atoms in total. The second-order valence-corrected chi connectivity index (χ2v) is 3.13. The summed E-state index contributed by atoms with van der Waals surface area (Å²) in [5, 5.41) is 0. The van der Waals surface area contributed by atoms with Crippen molar-refractivity contribution in [3.8, 4) is 0 Å². The molecule has 0 aliphatic carbocycles. The minimum Gasteiger partial charge on any atom is -0.380 e. The SMILES string of the molecule is COCc1ccc(C(F)(F)F)c(CN)c1. The van der Waals surface area contributed by atoms with Crippen molar-refractivity contribution in [1.29, 1.82) is 0 Å². The molecule has 5 heteroatoms. The van der Waals surface area contributed by atoms with Gasteiger partial charge in [-0.3, -0.25) is 0 Å². The van der Waals surface area contributed by atoms with Crippen LogP contribution < -0.4 is 5.73 Å². The number of nitrogens with two attached hydrogens (primary N) is 1. The Balaban J connectivity index is 3.09. The van der Waals surface area contributed by atoms with Gasteiger partial charge in [0.25, 0.3) is 0 Å². The maximum Gasteiger partial charge on any atom is 0.416 e. The second kappa shape index (κ2) is 4.63. The normalized spacial score (nSPS) is 11.8. The van der Waals surface area contributed by atoms with Gasteiger partial charge < -0.3 is 10.5 Å². The van der Waals surface area contributed by atoms with Crippen LogP contribution in [0.15, 0.2) is 18.2 Å². The zero-order valence-corrected chi connectivity index (χ0v) is 8.27. The molecule has 2 N–H and O–H groups in total. The summed E-state index contributed by atoms with van der Waals surface area (Å²) < 4.78 is 42.2. The van der Waals surface area contributed by atoms with E-state index in [1.165, 1.54) is 19.2 Å². The molecule has 0 spiro atoms. The van der Waals surface area contributed by atoms with Crippen molar-refractivity contribution in [3.05, 3.63) is 34.9 Å². The molecule has 0 aliphatic rings. The average molecular weight is 219 g/mol. The van der Waals surface area contributed by atoms with Crippen LogP contribution in [0.4, 0.5) is 13.2 Å². The third-order valence-electron chi connectivity index (χ3n) is 2.01. The third-order valence-corrected chi connectivity index (χ3v) is 2.01. The fraction of sp³-hybridized carbons (Fsp3) is 0.400. The summed E-state index contributed by atoms with van der Waals surface area (Å²) in [6, 6.07) is 3.86. The summed E-state index contributed by atoms with van der Waals surface area (Å²) in [4.78, 5) is 0. The van der Waals surface area contributed by atoms with Gasteiger partial charge in [0.2, 0.25) is 0 Å². The fourth-order valence-corrected chi connectivity index (χ4v) is 1.35. The number of halogens is 3. The van der Waals surface area contributed by atoms with Gasteiger partial charge in [-0.15, -0.1) is 0 Å². The molecule has 84 valence electrons. The number of hydrogen-bond donors (Lipinski definition) is 1. The molecule has 1 rings (SSSR count). The van der Waals surface area contributed by atoms with Crippen LogP contribution in [0.25, 0.3) is 0 Å². The predicted octanol–water partition coefficient (Wildman–Crippen LogP) is 2.31. The number of methoxy groups -OCH3 is 1. The lowest BCUT2D eigenvalue weighted by Crippen LogP contribution is -2.12. The van der Waals surface area contributed by atoms with Crippen LogP contribution in [0, 0.1) is 0 Å². The second-order valence-electron chi connectivity index (χ2n) is 3.13. The van der Waals surface area contributed by atoms with E-state index in [1.54, 1.807) is 0 Å². The summed E-state index contributed by atoms with van der Waals surface area (Å²) in [6.45, 7) is 0.150. The molecule has 15 heavy (non-hydrogen) atoms. The summed E-state index contributed by atoms with van der Waals surface area (Å²) in [6.07, 6.45) is -4.35. The van der Waals surface area contributed by atoms with Gasteiger partial charge >= 0.3 is 6.18 Å². The van der Waals surface area contributed by atoms with Crippen molar-refractivity contribution < 1.29 is 17.9 Å². The van der Waals surface area contributed by atoms with Crippen LogP contribution in [-0.2, 0) is 24.1 Å². The summed E-state index contributed by atoms with van der Waals surface area (Å²) in [7, 11) is 1.49. The first-order valence-corrected chi connectivity index (χ1v) is 4.37. The molecule has 0 saturated carbocycles. The van der Waals surface area contributed by atoms with Crippen LogP contribution in [0.3, 0.4) is 0 Å². The van der Waals surface area contributed by atoms with Crippen LogP contribution >= 0.6 is 0 Å². The van der Waals surface area contributed by atoms with E-state index in [9.17, 15) is 13.2 Å². The fourth-order valence-electron chi connectivity index (χ4n) is 1.35. The third kappa shape index (κ3) is 2.94. The largest absolute Gasteiger partial charge is 0.416 e. The van der Waals surface area contributed by atoms with Crippen LogP contribution in [0.1, 0.15) is 16.7 Å². The number of alkyl halides is 3. The van der Waals surface area contributed by atoms with Gasteiger partial charge in [0.05, 0.1) is 12.2 Å². The zero-order valence-electron chi connectivity index (χ0n) is 8.27. The molecule has 0 aromatic heterocycles. The summed E-state index contributed by atoms with van der Waals surface area (Å²) in [5.41, 5.74) is 5.38. The van der Waals surface area contributed by atoms with Gasteiger partial charge in [-0.25, -0.2) is 0 Å². The van der Waals surface area contributed by atoms with Crippen molar-refractivity contribution >= 4 is 0 Å². The Hall–Kier alpha value is -1.07. The van der Waals surface area contributed by atoms with Crippen LogP contribution in [0.5, 0.6) is 0 Å². The molecule has 0 atom stereocenters. The van der Waals surface area contributed by atoms with E-state index in [1.807, 2.05) is 0 Å². The molecular weight excluding hydrogens is 207 g/mol. The molecule has 1 aromatic rings. The van der Waals surface area contributed by atoms with Gasteiger partial charge in [-0.05, 0) is 17.2 Å². The van der Waals surface area contributed by atoms with Crippen LogP contribution in [-0.4, -0.2) is 7.11 Å². The van der Waals surface area contributed by atoms with E-state index in [4.69, 9.17) is 10.5 Å². The Morgan fingerprint density at radius 2 is 2.00 bits per heavy atom. The zero-order chi connectivity index (χ0) is 11.5. The monoisotopic (exact) mass is 219 g/mol. The Bertz CT molecular complexity index is 336. The molecule has 1 aromatic carbocycles. The maximum atomic E-state index is 12.5. The van der Waals surface area contributed by atoms with E-state index in [0.717, 1.165) is 6.07 Å². The summed E-state index contributed by atoms with van der Waals surface area (Å²) >= 11 is 0. The van der Waals surface area contributed by atoms with Crippen molar-refractivity contribution in [2.45, 2.75) is 19.3 Å². The highest BCUT2D eigenvalue weighted by molar-refractivity contribution is 5.33. The van der Waals surface area contributed by atoms with Gasteiger partial charge in [0.1, 0.15) is 0 Å². The van der Waals surface area contributed by atoms with Crippen molar-refractivity contribution in [3.63, 3.8) is 0 Å². The standard InChI is InChI=1S/C10H12F3NO/c1-15-6-7-2-3-9(10(11,12)13)8(4-7)5-14/h2-4H,5-6,14H2,1H3. The van der Waals surface area contributed by atoms with Crippen molar-refractivity contribution in [1.82, 2.24) is 0 Å². The predicted molar refractivity (Wildman–Crippen MR) is 50.0 cm³/mol. The lowest BCUT2D eigenvalue weighted by atomic mass is 10.0. The van der Waals surface area contributed by atoms with Gasteiger partial charge in [-0.1, -0.05) is 12.1 Å². The molecule has 0 heterocycles. The van der Waals surface area contributed by atoms with E-state index >= 15 is 0 Å². The molecule has 0 amide bonds. The summed E-state index contributed by atoms with van der Waals surface area (Å²) in [5.74, 6) is 0. The number of hydrogen-bond acceptors (Lipinski definition) is 2. The lowest BCUT2D eigenvalue weighted by Gasteiger charge is -2.12. The molecule has 0 radical (unpaired) electrons. The van der Waals surface area contributed by atoms with Crippen molar-refractivity contribution in [2.75, 3.05) is 7.11 Å². The smallest absolute Gasteiger partial charge is 0.380 e. The minimum absolute atomic E-state index is 0.0945. The van der Waals surface area contributed by atoms with E-state index in [0.29, 0.717) is 5.56 Å². The Labute approximate surface area is 85.8 Å². The molecular formula is C10H12F3NO. The number of rotatable bonds is 3. The Kier molecular flexibility index (Phi) is 3.71. The first-order valence-electron chi connectivity index (χ1n) is 4.37. The first-order chi connectivity index (χ1) is 6.99. The van der Waals surface area contributed by atoms with Gasteiger partial charge in [0.15, 0.2) is 0 Å². The first kappa shape index (κ1) is 12.0. The molecule has 0 unspecified atom stereocenters. The molecule has 0 saturated heterocycles. The van der Waals surface area contributed by atoms with Crippen LogP contribution in [0.2, 0.25) is 0 Å². The highest BCUT2D eigenvalue weighted by atomic mass is 19.4. The number of benzene rings is 1. The maximum absolute atomic E-state index is 12.5. The lowest BCUT2D eigenvalue weighted by molar-refractivity contribution is -0.138. The minimum atomic E-state index is -4.35. The Morgan fingerprint density at radius 3 is 2.47 bits per heavy atom. The van der Waals surface area contributed by atoms with E-state index in [2.05, 4.69) is 0 Å². The molecule has 0 bridgehead atoms. The van der Waals surface area contributed by atoms with Crippen molar-refractivity contribution in [2.24, 2.45) is 5.73 Å². The molecule has 0 fully saturated rings. The van der Waals surface area contributed by atoms with E-state index < -0.39 is 11.7 Å². The molecule has 0 aliphatic heterocycles. The highest BCUT2D eigenvalue weighted by Gasteiger charge is 2.32. The average Bonchev–Trinajstić information content (AvgIpc) is 2.16. The van der Waals surface area contributed by atoms with Gasteiger partial charge in [-0.2, -0.15) is 13.2 Å². The quantitative estimate of drug-likeness (QED) is 0.846. The number of ether oxygens (including phenoxy) is 1. The topological polar surface area (TPSA) is 35.2 Å². The van der Waals surface area contributed by atoms with Gasteiger partial charge in [0, 0.05) is 13.7 Å².